The number of aryl methyl sites for hydroxylation is 1. The molecule has 3 heterocycles. The fourth-order valence-electron chi connectivity index (χ4n) is 2.78. The van der Waals surface area contributed by atoms with Crippen molar-refractivity contribution in [1.82, 2.24) is 15.2 Å². The molecule has 23 heavy (non-hydrogen) atoms. The Kier molecular flexibility index (Phi) is 4.93. The van der Waals surface area contributed by atoms with Gasteiger partial charge in [0.25, 0.3) is 0 Å². The van der Waals surface area contributed by atoms with Crippen molar-refractivity contribution in [2.75, 3.05) is 18.4 Å². The summed E-state index contributed by atoms with van der Waals surface area (Å²) in [5, 5.41) is 7.91. The molecule has 2 amide bonds. The van der Waals surface area contributed by atoms with Crippen LogP contribution in [0.1, 0.15) is 22.9 Å². The largest absolute Gasteiger partial charge is 0.336 e. The van der Waals surface area contributed by atoms with Crippen LogP contribution in [0.25, 0.3) is 0 Å². The summed E-state index contributed by atoms with van der Waals surface area (Å²) in [6.45, 7) is 6.73. The highest BCUT2D eigenvalue weighted by Crippen LogP contribution is 2.24. The van der Waals surface area contributed by atoms with E-state index in [4.69, 9.17) is 0 Å². The number of amides is 2. The standard InChI is InChI=1S/C17H22N4OS/c1-12-4-3-7-18-16(12)20-17(22)19-10-13(2)21-8-5-15-14(11-21)6-9-23-15/h3-4,6-7,9,13H,5,8,10-11H2,1-2H3,(H2,18,19,20,22). The van der Waals surface area contributed by atoms with Gasteiger partial charge in [0.2, 0.25) is 0 Å². The van der Waals surface area contributed by atoms with Gasteiger partial charge in [-0.2, -0.15) is 0 Å². The first-order valence-corrected chi connectivity index (χ1v) is 8.77. The highest BCUT2D eigenvalue weighted by molar-refractivity contribution is 7.10. The Balaban J connectivity index is 1.48. The Bertz CT molecular complexity index is 685. The summed E-state index contributed by atoms with van der Waals surface area (Å²) in [6, 6.07) is 6.10. The second kappa shape index (κ2) is 7.10. The number of nitrogens with one attached hydrogen (secondary N) is 2. The van der Waals surface area contributed by atoms with E-state index in [2.05, 4.69) is 38.9 Å². The summed E-state index contributed by atoms with van der Waals surface area (Å²) in [7, 11) is 0. The Hall–Kier alpha value is -1.92. The van der Waals surface area contributed by atoms with Crippen LogP contribution in [-0.4, -0.2) is 35.0 Å². The molecule has 0 aromatic carbocycles. The number of hydrogen-bond acceptors (Lipinski definition) is 4. The first-order valence-electron chi connectivity index (χ1n) is 7.89. The summed E-state index contributed by atoms with van der Waals surface area (Å²) in [5.74, 6) is 0.610. The van der Waals surface area contributed by atoms with Gasteiger partial charge < -0.3 is 5.32 Å². The maximum Gasteiger partial charge on any atom is 0.320 e. The van der Waals surface area contributed by atoms with Crippen LogP contribution in [0.4, 0.5) is 10.6 Å². The smallest absolute Gasteiger partial charge is 0.320 e. The molecule has 122 valence electrons. The monoisotopic (exact) mass is 330 g/mol. The van der Waals surface area contributed by atoms with E-state index in [-0.39, 0.29) is 6.03 Å². The molecular formula is C17H22N4OS. The minimum Gasteiger partial charge on any atom is -0.336 e. The first-order chi connectivity index (χ1) is 11.1. The Morgan fingerprint density at radius 1 is 1.48 bits per heavy atom. The van der Waals surface area contributed by atoms with E-state index in [1.807, 2.05) is 30.4 Å². The fraction of sp³-hybridized carbons (Fsp3) is 0.412. The van der Waals surface area contributed by atoms with Crippen LogP contribution in [0.15, 0.2) is 29.8 Å². The maximum atomic E-state index is 12.0. The maximum absolute atomic E-state index is 12.0. The number of fused-ring (bicyclic) bond motifs is 1. The molecule has 3 rings (SSSR count). The lowest BCUT2D eigenvalue weighted by Gasteiger charge is -2.32. The SMILES string of the molecule is Cc1cccnc1NC(=O)NCC(C)N1CCc2sccc2C1. The van der Waals surface area contributed by atoms with Gasteiger partial charge in [0.05, 0.1) is 0 Å². The number of hydrogen-bond donors (Lipinski definition) is 2. The molecular weight excluding hydrogens is 308 g/mol. The zero-order valence-corrected chi connectivity index (χ0v) is 14.3. The third-order valence-corrected chi connectivity index (χ3v) is 5.28. The lowest BCUT2D eigenvalue weighted by atomic mass is 10.1. The summed E-state index contributed by atoms with van der Waals surface area (Å²) in [5.41, 5.74) is 2.39. The number of thiophene rings is 1. The van der Waals surface area contributed by atoms with Crippen molar-refractivity contribution in [3.8, 4) is 0 Å². The van der Waals surface area contributed by atoms with E-state index in [9.17, 15) is 4.79 Å². The summed E-state index contributed by atoms with van der Waals surface area (Å²) in [4.78, 5) is 20.1. The molecule has 0 bridgehead atoms. The first kappa shape index (κ1) is 16.0. The molecule has 0 saturated carbocycles. The van der Waals surface area contributed by atoms with Crippen LogP contribution in [0, 0.1) is 6.92 Å². The third-order valence-electron chi connectivity index (χ3n) is 4.26. The van der Waals surface area contributed by atoms with E-state index >= 15 is 0 Å². The summed E-state index contributed by atoms with van der Waals surface area (Å²) >= 11 is 1.85. The molecule has 2 N–H and O–H groups in total. The molecule has 0 radical (unpaired) electrons. The van der Waals surface area contributed by atoms with Gasteiger partial charge in [-0.25, -0.2) is 9.78 Å². The zero-order chi connectivity index (χ0) is 16.2. The molecule has 1 aliphatic rings. The quantitative estimate of drug-likeness (QED) is 0.906. The van der Waals surface area contributed by atoms with E-state index < -0.39 is 0 Å². The van der Waals surface area contributed by atoms with Crippen molar-refractivity contribution in [2.24, 2.45) is 0 Å². The van der Waals surface area contributed by atoms with Gasteiger partial charge >= 0.3 is 6.03 Å². The van der Waals surface area contributed by atoms with E-state index in [0.717, 1.165) is 25.1 Å². The van der Waals surface area contributed by atoms with Crippen molar-refractivity contribution >= 4 is 23.2 Å². The van der Waals surface area contributed by atoms with Crippen molar-refractivity contribution in [3.63, 3.8) is 0 Å². The molecule has 1 aliphatic heterocycles. The molecule has 0 spiro atoms. The van der Waals surface area contributed by atoms with E-state index in [0.29, 0.717) is 18.4 Å². The molecule has 0 fully saturated rings. The highest BCUT2D eigenvalue weighted by atomic mass is 32.1. The average Bonchev–Trinajstić information content (AvgIpc) is 3.02. The topological polar surface area (TPSA) is 57.3 Å². The molecule has 1 atom stereocenters. The number of carbonyl (C=O) groups is 1. The fourth-order valence-corrected chi connectivity index (χ4v) is 3.67. The molecule has 1 unspecified atom stereocenters. The molecule has 6 heteroatoms. The molecule has 2 aromatic rings. The Labute approximate surface area is 140 Å². The van der Waals surface area contributed by atoms with Crippen LogP contribution in [0.5, 0.6) is 0 Å². The summed E-state index contributed by atoms with van der Waals surface area (Å²) < 4.78 is 0. The minimum absolute atomic E-state index is 0.202. The van der Waals surface area contributed by atoms with Crippen molar-refractivity contribution in [3.05, 3.63) is 45.8 Å². The molecule has 5 nitrogen and oxygen atoms in total. The van der Waals surface area contributed by atoms with Crippen LogP contribution in [-0.2, 0) is 13.0 Å². The van der Waals surface area contributed by atoms with Gasteiger partial charge in [-0.1, -0.05) is 6.07 Å². The summed E-state index contributed by atoms with van der Waals surface area (Å²) in [6.07, 6.45) is 2.79. The number of urea groups is 1. The molecule has 2 aromatic heterocycles. The molecule has 0 aliphatic carbocycles. The van der Waals surface area contributed by atoms with Crippen LogP contribution < -0.4 is 10.6 Å². The van der Waals surface area contributed by atoms with Crippen LogP contribution >= 0.6 is 11.3 Å². The van der Waals surface area contributed by atoms with E-state index in [1.54, 1.807) is 6.20 Å². The van der Waals surface area contributed by atoms with Gasteiger partial charge in [-0.3, -0.25) is 10.2 Å². The van der Waals surface area contributed by atoms with Crippen LogP contribution in [0.3, 0.4) is 0 Å². The second-order valence-corrected chi connectivity index (χ2v) is 6.94. The van der Waals surface area contributed by atoms with Crippen molar-refractivity contribution in [2.45, 2.75) is 32.9 Å². The van der Waals surface area contributed by atoms with E-state index in [1.165, 1.54) is 10.4 Å². The lowest BCUT2D eigenvalue weighted by molar-refractivity contribution is 0.188. The second-order valence-electron chi connectivity index (χ2n) is 5.94. The average molecular weight is 330 g/mol. The predicted octanol–water partition coefficient (Wildman–Crippen LogP) is 3.02. The van der Waals surface area contributed by atoms with Gasteiger partial charge in [0.1, 0.15) is 5.82 Å². The number of nitrogens with zero attached hydrogens (tertiary/aromatic N) is 2. The number of rotatable bonds is 4. The van der Waals surface area contributed by atoms with Gasteiger partial charge in [-0.05, 0) is 48.9 Å². The Morgan fingerprint density at radius 2 is 2.35 bits per heavy atom. The number of anilines is 1. The van der Waals surface area contributed by atoms with Crippen molar-refractivity contribution < 1.29 is 4.79 Å². The predicted molar refractivity (Wildman–Crippen MR) is 93.9 cm³/mol. The minimum atomic E-state index is -0.202. The zero-order valence-electron chi connectivity index (χ0n) is 13.5. The normalized spacial score (nSPS) is 15.7. The van der Waals surface area contributed by atoms with Crippen molar-refractivity contribution in [1.29, 1.82) is 0 Å². The number of carbonyl (C=O) groups excluding carboxylic acids is 1. The third kappa shape index (κ3) is 3.89. The van der Waals surface area contributed by atoms with Gasteiger partial charge in [0, 0.05) is 36.8 Å². The Morgan fingerprint density at radius 3 is 3.17 bits per heavy atom. The van der Waals surface area contributed by atoms with Gasteiger partial charge in [0.15, 0.2) is 0 Å². The number of pyridine rings is 1. The highest BCUT2D eigenvalue weighted by Gasteiger charge is 2.21. The lowest BCUT2D eigenvalue weighted by Crippen LogP contribution is -2.45. The molecule has 0 saturated heterocycles. The number of aromatic nitrogens is 1. The van der Waals surface area contributed by atoms with Crippen LogP contribution in [0.2, 0.25) is 0 Å². The van der Waals surface area contributed by atoms with Gasteiger partial charge in [-0.15, -0.1) is 11.3 Å².